The normalized spacial score (nSPS) is 19.2. The zero-order valence-corrected chi connectivity index (χ0v) is 19.7. The summed E-state index contributed by atoms with van der Waals surface area (Å²) in [5.41, 5.74) is 2.77. The van der Waals surface area contributed by atoms with E-state index in [4.69, 9.17) is 23.2 Å². The molecule has 1 atom stereocenters. The molecular formula is C25H29Cl2N3O2. The van der Waals surface area contributed by atoms with Crippen molar-refractivity contribution >= 4 is 40.7 Å². The Kier molecular flexibility index (Phi) is 7.71. The maximum absolute atomic E-state index is 12.9. The van der Waals surface area contributed by atoms with Crippen molar-refractivity contribution in [2.75, 3.05) is 31.5 Å². The summed E-state index contributed by atoms with van der Waals surface area (Å²) in [5.74, 6) is 0.159. The molecule has 0 unspecified atom stereocenters. The second-order valence-corrected chi connectivity index (χ2v) is 9.60. The van der Waals surface area contributed by atoms with Crippen LogP contribution >= 0.6 is 23.2 Å². The lowest BCUT2D eigenvalue weighted by Crippen LogP contribution is -2.40. The first kappa shape index (κ1) is 23.1. The van der Waals surface area contributed by atoms with E-state index in [0.717, 1.165) is 62.1 Å². The van der Waals surface area contributed by atoms with E-state index in [1.165, 1.54) is 0 Å². The number of rotatable bonds is 6. The van der Waals surface area contributed by atoms with Crippen molar-refractivity contribution in [3.8, 4) is 0 Å². The first-order valence-corrected chi connectivity index (χ1v) is 12.1. The Morgan fingerprint density at radius 2 is 1.72 bits per heavy atom. The van der Waals surface area contributed by atoms with Gasteiger partial charge in [0.15, 0.2) is 0 Å². The highest BCUT2D eigenvalue weighted by molar-refractivity contribution is 6.35. The second-order valence-electron chi connectivity index (χ2n) is 8.76. The van der Waals surface area contributed by atoms with E-state index in [9.17, 15) is 9.59 Å². The smallest absolute Gasteiger partial charge is 0.228 e. The Bertz CT molecular complexity index is 958. The van der Waals surface area contributed by atoms with Gasteiger partial charge in [-0.25, -0.2) is 0 Å². The molecule has 2 fully saturated rings. The third kappa shape index (κ3) is 6.03. The molecule has 5 nitrogen and oxygen atoms in total. The highest BCUT2D eigenvalue weighted by Crippen LogP contribution is 2.25. The number of nitrogens with zero attached hydrogens (tertiary/aromatic N) is 2. The van der Waals surface area contributed by atoms with Crippen molar-refractivity contribution in [1.29, 1.82) is 0 Å². The fraction of sp³-hybridized carbons (Fsp3) is 0.440. The van der Waals surface area contributed by atoms with Crippen molar-refractivity contribution in [2.45, 2.75) is 38.6 Å². The first-order valence-electron chi connectivity index (χ1n) is 11.3. The predicted octanol–water partition coefficient (Wildman–Crippen LogP) is 5.01. The molecular weight excluding hydrogens is 445 g/mol. The molecule has 0 aliphatic carbocycles. The third-order valence-electron chi connectivity index (χ3n) is 6.32. The quantitative estimate of drug-likeness (QED) is 0.641. The summed E-state index contributed by atoms with van der Waals surface area (Å²) in [7, 11) is 0. The van der Waals surface area contributed by atoms with Gasteiger partial charge in [0.05, 0.1) is 12.3 Å². The molecule has 0 spiro atoms. The number of amides is 2. The fourth-order valence-corrected chi connectivity index (χ4v) is 4.98. The van der Waals surface area contributed by atoms with Crippen LogP contribution < -0.4 is 5.32 Å². The van der Waals surface area contributed by atoms with E-state index in [2.05, 4.69) is 10.2 Å². The van der Waals surface area contributed by atoms with Crippen LogP contribution in [-0.2, 0) is 22.6 Å². The Balaban J connectivity index is 1.29. The van der Waals surface area contributed by atoms with E-state index in [0.29, 0.717) is 29.6 Å². The third-order valence-corrected chi connectivity index (χ3v) is 6.91. The van der Waals surface area contributed by atoms with Gasteiger partial charge in [0.2, 0.25) is 11.8 Å². The number of hydrogen-bond acceptors (Lipinski definition) is 3. The molecule has 0 bridgehead atoms. The Morgan fingerprint density at radius 3 is 2.44 bits per heavy atom. The van der Waals surface area contributed by atoms with Crippen LogP contribution in [0.15, 0.2) is 42.5 Å². The van der Waals surface area contributed by atoms with E-state index >= 15 is 0 Å². The summed E-state index contributed by atoms with van der Waals surface area (Å²) in [6, 6.07) is 13.2. The number of anilines is 1. The minimum absolute atomic E-state index is 0.0396. The van der Waals surface area contributed by atoms with Crippen molar-refractivity contribution in [3.05, 3.63) is 63.6 Å². The van der Waals surface area contributed by atoms with Crippen molar-refractivity contribution in [1.82, 2.24) is 9.80 Å². The highest BCUT2D eigenvalue weighted by Gasteiger charge is 2.26. The van der Waals surface area contributed by atoms with Gasteiger partial charge in [-0.1, -0.05) is 41.4 Å². The maximum Gasteiger partial charge on any atom is 0.228 e. The molecule has 2 aromatic carbocycles. The molecule has 2 heterocycles. The predicted molar refractivity (Wildman–Crippen MR) is 129 cm³/mol. The number of nitrogens with one attached hydrogen (secondary N) is 1. The summed E-state index contributed by atoms with van der Waals surface area (Å²) < 4.78 is 0. The van der Waals surface area contributed by atoms with Crippen LogP contribution in [0.2, 0.25) is 10.0 Å². The summed E-state index contributed by atoms with van der Waals surface area (Å²) in [6.07, 6.45) is 4.46. The molecule has 1 N–H and O–H groups in total. The first-order chi connectivity index (χ1) is 15.5. The summed E-state index contributed by atoms with van der Waals surface area (Å²) >= 11 is 12.3. The van der Waals surface area contributed by atoms with Crippen LogP contribution in [0.5, 0.6) is 0 Å². The van der Waals surface area contributed by atoms with Crippen LogP contribution in [0, 0.1) is 5.92 Å². The topological polar surface area (TPSA) is 52.7 Å². The van der Waals surface area contributed by atoms with E-state index in [1.54, 1.807) is 6.07 Å². The Morgan fingerprint density at radius 1 is 0.969 bits per heavy atom. The average molecular weight is 474 g/mol. The molecule has 0 saturated carbocycles. The van der Waals surface area contributed by atoms with Crippen molar-refractivity contribution < 1.29 is 9.59 Å². The van der Waals surface area contributed by atoms with Gasteiger partial charge in [-0.15, -0.1) is 0 Å². The summed E-state index contributed by atoms with van der Waals surface area (Å²) in [5, 5.41) is 4.33. The van der Waals surface area contributed by atoms with Crippen molar-refractivity contribution in [2.24, 2.45) is 5.92 Å². The molecule has 4 rings (SSSR count). The van der Waals surface area contributed by atoms with Gasteiger partial charge in [-0.3, -0.25) is 14.5 Å². The molecule has 2 aliphatic heterocycles. The lowest BCUT2D eigenvalue weighted by Gasteiger charge is -2.32. The maximum atomic E-state index is 12.9. The molecule has 32 heavy (non-hydrogen) atoms. The molecule has 2 saturated heterocycles. The highest BCUT2D eigenvalue weighted by atomic mass is 35.5. The monoisotopic (exact) mass is 473 g/mol. The molecule has 0 radical (unpaired) electrons. The Hall–Kier alpha value is -2.08. The number of carbonyl (C=O) groups excluding carboxylic acids is 2. The van der Waals surface area contributed by atoms with Gasteiger partial charge in [0.25, 0.3) is 0 Å². The molecule has 170 valence electrons. The molecule has 2 aliphatic rings. The molecule has 2 amide bonds. The molecule has 0 aromatic heterocycles. The van der Waals surface area contributed by atoms with Crippen molar-refractivity contribution in [3.63, 3.8) is 0 Å². The van der Waals surface area contributed by atoms with E-state index in [-0.39, 0.29) is 17.7 Å². The van der Waals surface area contributed by atoms with Crippen LogP contribution in [0.25, 0.3) is 0 Å². The minimum Gasteiger partial charge on any atom is -0.342 e. The van der Waals surface area contributed by atoms with Gasteiger partial charge in [0.1, 0.15) is 0 Å². The largest absolute Gasteiger partial charge is 0.342 e. The number of likely N-dealkylation sites (tertiary alicyclic amines) is 2. The van der Waals surface area contributed by atoms with Gasteiger partial charge >= 0.3 is 0 Å². The molecule has 7 heteroatoms. The second kappa shape index (κ2) is 10.7. The number of halogens is 2. The zero-order valence-electron chi connectivity index (χ0n) is 18.2. The van der Waals surface area contributed by atoms with Gasteiger partial charge in [-0.2, -0.15) is 0 Å². The molecule has 2 aromatic rings. The fourth-order valence-electron chi connectivity index (χ4n) is 4.51. The van der Waals surface area contributed by atoms with E-state index < -0.39 is 0 Å². The van der Waals surface area contributed by atoms with E-state index in [1.807, 2.05) is 41.3 Å². The van der Waals surface area contributed by atoms with Crippen LogP contribution in [0.1, 0.15) is 36.8 Å². The lowest BCUT2D eigenvalue weighted by molar-refractivity contribution is -0.129. The lowest BCUT2D eigenvalue weighted by atomic mass is 9.96. The van der Waals surface area contributed by atoms with Gasteiger partial charge < -0.3 is 10.2 Å². The minimum atomic E-state index is -0.0637. The number of hydrogen-bond donors (Lipinski definition) is 1. The average Bonchev–Trinajstić information content (AvgIpc) is 3.32. The zero-order chi connectivity index (χ0) is 22.5. The number of benzene rings is 2. The number of piperidine rings is 1. The summed E-state index contributed by atoms with van der Waals surface area (Å²) in [6.45, 7) is 4.10. The Labute approximate surface area is 199 Å². The van der Waals surface area contributed by atoms with Gasteiger partial charge in [0, 0.05) is 41.9 Å². The SMILES string of the molecule is O=C(Nc1ccc(CC(=O)N2CCCC2)cc1)[C@@H]1CCCN(Cc2ccc(Cl)cc2Cl)C1. The number of carbonyl (C=O) groups is 2. The van der Waals surface area contributed by atoms with Crippen LogP contribution in [0.4, 0.5) is 5.69 Å². The standard InChI is InChI=1S/C25H29Cl2N3O2/c26-21-8-7-19(23(27)15-21)16-29-11-3-4-20(17-29)25(32)28-22-9-5-18(6-10-22)14-24(31)30-12-1-2-13-30/h5-10,15,20H,1-4,11-14,16-17H2,(H,28,32)/t20-/m1/s1. The van der Waals surface area contributed by atoms with Crippen LogP contribution in [0.3, 0.4) is 0 Å². The summed E-state index contributed by atoms with van der Waals surface area (Å²) in [4.78, 5) is 29.4. The van der Waals surface area contributed by atoms with Crippen LogP contribution in [-0.4, -0.2) is 47.8 Å². The van der Waals surface area contributed by atoms with Gasteiger partial charge in [-0.05, 0) is 67.6 Å².